The molecule has 0 saturated heterocycles. The molecule has 0 spiro atoms. The molecular formula is C32H33NOS. The van der Waals surface area contributed by atoms with E-state index in [0.717, 1.165) is 50.4 Å². The first-order chi connectivity index (χ1) is 16.6. The first-order valence-corrected chi connectivity index (χ1v) is 12.8. The molecule has 0 radical (unpaired) electrons. The lowest BCUT2D eigenvalue weighted by atomic mass is 9.82. The SMILES string of the molecule is Cc1c(CC(C)C)oc2c(-c3cccnc3-c3cc(C(C)(C)C)c4ccccc4c3)c(S)ccc12. The average molecular weight is 480 g/mol. The minimum atomic E-state index is 0.00312. The van der Waals surface area contributed by atoms with Crippen LogP contribution in [0.25, 0.3) is 44.1 Å². The number of aromatic nitrogens is 1. The van der Waals surface area contributed by atoms with E-state index in [1.165, 1.54) is 21.9 Å². The maximum atomic E-state index is 6.54. The second-order valence-corrected chi connectivity index (χ2v) is 11.5. The highest BCUT2D eigenvalue weighted by atomic mass is 32.1. The van der Waals surface area contributed by atoms with Gasteiger partial charge in [-0.15, -0.1) is 12.6 Å². The van der Waals surface area contributed by atoms with Crippen LogP contribution in [0.2, 0.25) is 0 Å². The predicted octanol–water partition coefficient (Wildman–Crippen LogP) is 9.41. The molecule has 0 bridgehead atoms. The van der Waals surface area contributed by atoms with Gasteiger partial charge in [0.1, 0.15) is 11.3 Å². The number of pyridine rings is 1. The van der Waals surface area contributed by atoms with Crippen molar-refractivity contribution < 1.29 is 4.42 Å². The molecular weight excluding hydrogens is 446 g/mol. The number of benzene rings is 3. The summed E-state index contributed by atoms with van der Waals surface area (Å²) >= 11 is 4.90. The van der Waals surface area contributed by atoms with Crippen molar-refractivity contribution in [1.29, 1.82) is 0 Å². The summed E-state index contributed by atoms with van der Waals surface area (Å²) in [6.07, 6.45) is 2.79. The molecule has 0 aliphatic carbocycles. The Morgan fingerprint density at radius 3 is 2.46 bits per heavy atom. The number of thiol groups is 1. The van der Waals surface area contributed by atoms with Crippen molar-refractivity contribution in [2.45, 2.75) is 58.3 Å². The summed E-state index contributed by atoms with van der Waals surface area (Å²) in [6, 6.07) is 21.6. The van der Waals surface area contributed by atoms with Crippen LogP contribution >= 0.6 is 12.6 Å². The molecule has 0 aliphatic rings. The fraction of sp³-hybridized carbons (Fsp3) is 0.281. The van der Waals surface area contributed by atoms with Gasteiger partial charge < -0.3 is 4.42 Å². The van der Waals surface area contributed by atoms with Crippen molar-refractivity contribution in [2.75, 3.05) is 0 Å². The smallest absolute Gasteiger partial charge is 0.143 e. The van der Waals surface area contributed by atoms with Crippen LogP contribution in [0.5, 0.6) is 0 Å². The quantitative estimate of drug-likeness (QED) is 0.260. The molecule has 2 heterocycles. The van der Waals surface area contributed by atoms with Gasteiger partial charge in [0.2, 0.25) is 0 Å². The first-order valence-electron chi connectivity index (χ1n) is 12.4. The van der Waals surface area contributed by atoms with Crippen LogP contribution in [-0.2, 0) is 11.8 Å². The molecule has 5 rings (SSSR count). The molecule has 3 heteroatoms. The standard InChI is InChI=1S/C32H33NOS/c1-19(2)16-27-20(3)23-13-14-28(35)29(31(23)34-27)25-12-9-15-33-30(25)22-17-21-10-7-8-11-24(21)26(18-22)32(4,5)6/h7-15,17-19,35H,16H2,1-6H3. The maximum absolute atomic E-state index is 6.54. The Morgan fingerprint density at radius 1 is 0.943 bits per heavy atom. The van der Waals surface area contributed by atoms with Gasteiger partial charge in [-0.3, -0.25) is 4.98 Å². The van der Waals surface area contributed by atoms with Crippen molar-refractivity contribution in [2.24, 2.45) is 5.92 Å². The van der Waals surface area contributed by atoms with Crippen LogP contribution in [0.1, 0.15) is 51.5 Å². The molecule has 0 atom stereocenters. The molecule has 0 fully saturated rings. The molecule has 0 unspecified atom stereocenters. The van der Waals surface area contributed by atoms with Crippen LogP contribution in [-0.4, -0.2) is 4.98 Å². The van der Waals surface area contributed by atoms with Gasteiger partial charge in [-0.05, 0) is 70.5 Å². The van der Waals surface area contributed by atoms with Crippen molar-refractivity contribution in [3.05, 3.63) is 83.7 Å². The van der Waals surface area contributed by atoms with Gasteiger partial charge >= 0.3 is 0 Å². The van der Waals surface area contributed by atoms with Gasteiger partial charge in [0, 0.05) is 39.6 Å². The molecule has 5 aromatic rings. The molecule has 0 aliphatic heterocycles. The minimum absolute atomic E-state index is 0.00312. The van der Waals surface area contributed by atoms with E-state index in [0.29, 0.717) is 5.92 Å². The summed E-state index contributed by atoms with van der Waals surface area (Å²) < 4.78 is 6.54. The van der Waals surface area contributed by atoms with Gasteiger partial charge in [-0.25, -0.2) is 0 Å². The summed E-state index contributed by atoms with van der Waals surface area (Å²) in [5.74, 6) is 1.58. The minimum Gasteiger partial charge on any atom is -0.460 e. The fourth-order valence-electron chi connectivity index (χ4n) is 5.05. The Bertz CT molecular complexity index is 1550. The molecule has 2 aromatic heterocycles. The lowest BCUT2D eigenvalue weighted by Gasteiger charge is -2.23. The van der Waals surface area contributed by atoms with Crippen molar-refractivity contribution in [3.8, 4) is 22.4 Å². The van der Waals surface area contributed by atoms with Crippen LogP contribution in [0.4, 0.5) is 0 Å². The monoisotopic (exact) mass is 479 g/mol. The number of rotatable bonds is 4. The number of hydrogen-bond donors (Lipinski definition) is 1. The third-order valence-corrected chi connectivity index (χ3v) is 7.17. The number of aryl methyl sites for hydroxylation is 1. The van der Waals surface area contributed by atoms with Gasteiger partial charge in [0.05, 0.1) is 5.69 Å². The molecule has 0 saturated carbocycles. The molecule has 2 nitrogen and oxygen atoms in total. The van der Waals surface area contributed by atoms with E-state index in [1.54, 1.807) is 0 Å². The summed E-state index contributed by atoms with van der Waals surface area (Å²) in [5.41, 5.74) is 7.56. The second-order valence-electron chi connectivity index (χ2n) is 11.0. The van der Waals surface area contributed by atoms with Gasteiger partial charge in [-0.1, -0.05) is 65.0 Å². The van der Waals surface area contributed by atoms with Crippen LogP contribution in [0.15, 0.2) is 76.2 Å². The molecule has 0 amide bonds. The zero-order valence-electron chi connectivity index (χ0n) is 21.4. The van der Waals surface area contributed by atoms with Crippen molar-refractivity contribution >= 4 is 34.4 Å². The van der Waals surface area contributed by atoms with E-state index < -0.39 is 0 Å². The molecule has 0 N–H and O–H groups in total. The maximum Gasteiger partial charge on any atom is 0.143 e. The Labute approximate surface area is 213 Å². The van der Waals surface area contributed by atoms with E-state index in [4.69, 9.17) is 22.0 Å². The Kier molecular flexibility index (Phi) is 6.01. The lowest BCUT2D eigenvalue weighted by Crippen LogP contribution is -2.12. The molecule has 35 heavy (non-hydrogen) atoms. The fourth-order valence-corrected chi connectivity index (χ4v) is 5.35. The van der Waals surface area contributed by atoms with Gasteiger partial charge in [-0.2, -0.15) is 0 Å². The van der Waals surface area contributed by atoms with Crippen LogP contribution < -0.4 is 0 Å². The number of fused-ring (bicyclic) bond motifs is 2. The average Bonchev–Trinajstić information content (AvgIpc) is 3.12. The second kappa shape index (κ2) is 8.87. The molecule has 178 valence electrons. The van der Waals surface area contributed by atoms with E-state index in [2.05, 4.69) is 96.1 Å². The van der Waals surface area contributed by atoms with Gasteiger partial charge in [0.25, 0.3) is 0 Å². The third-order valence-electron chi connectivity index (χ3n) is 6.80. The lowest BCUT2D eigenvalue weighted by molar-refractivity contribution is 0.496. The summed E-state index contributed by atoms with van der Waals surface area (Å²) in [6.45, 7) is 13.4. The highest BCUT2D eigenvalue weighted by Gasteiger charge is 2.23. The highest BCUT2D eigenvalue weighted by molar-refractivity contribution is 7.80. The van der Waals surface area contributed by atoms with E-state index in [9.17, 15) is 0 Å². The Hall–Kier alpha value is -3.04. The topological polar surface area (TPSA) is 26.0 Å². The Morgan fingerprint density at radius 2 is 1.71 bits per heavy atom. The summed E-state index contributed by atoms with van der Waals surface area (Å²) in [7, 11) is 0. The van der Waals surface area contributed by atoms with E-state index in [1.807, 2.05) is 12.3 Å². The van der Waals surface area contributed by atoms with Crippen LogP contribution in [0, 0.1) is 12.8 Å². The third kappa shape index (κ3) is 4.27. The van der Waals surface area contributed by atoms with E-state index >= 15 is 0 Å². The van der Waals surface area contributed by atoms with Gasteiger partial charge in [0.15, 0.2) is 0 Å². The number of nitrogens with zero attached hydrogens (tertiary/aromatic N) is 1. The summed E-state index contributed by atoms with van der Waals surface area (Å²) in [5, 5.41) is 3.67. The Balaban J connectivity index is 1.79. The van der Waals surface area contributed by atoms with E-state index in [-0.39, 0.29) is 5.41 Å². The zero-order valence-corrected chi connectivity index (χ0v) is 22.3. The number of hydrogen-bond acceptors (Lipinski definition) is 3. The normalized spacial score (nSPS) is 12.2. The zero-order chi connectivity index (χ0) is 24.9. The predicted molar refractivity (Wildman–Crippen MR) is 152 cm³/mol. The number of furan rings is 1. The largest absolute Gasteiger partial charge is 0.460 e. The molecule has 3 aromatic carbocycles. The summed E-state index contributed by atoms with van der Waals surface area (Å²) in [4.78, 5) is 5.80. The van der Waals surface area contributed by atoms with Crippen molar-refractivity contribution in [1.82, 2.24) is 4.98 Å². The highest BCUT2D eigenvalue weighted by Crippen LogP contribution is 2.43. The first kappa shape index (κ1) is 23.7. The van der Waals surface area contributed by atoms with Crippen molar-refractivity contribution in [3.63, 3.8) is 0 Å². The van der Waals surface area contributed by atoms with Crippen LogP contribution in [0.3, 0.4) is 0 Å².